The van der Waals surface area contributed by atoms with E-state index in [2.05, 4.69) is 54.8 Å². The van der Waals surface area contributed by atoms with E-state index in [1.54, 1.807) is 0 Å². The number of piperidine rings is 1. The first-order chi connectivity index (χ1) is 7.25. The van der Waals surface area contributed by atoms with Crippen molar-refractivity contribution in [2.45, 2.75) is 25.1 Å². The molecular weight excluding hydrogens is 202 g/mol. The predicted octanol–water partition coefficient (Wildman–Crippen LogP) is 2.83. The highest BCUT2D eigenvalue weighted by molar-refractivity contribution is 7.81. The third kappa shape index (κ3) is 2.99. The molecule has 1 heterocycles. The van der Waals surface area contributed by atoms with E-state index < -0.39 is 0 Å². The standard InChI is InChI=1S/C13H19NS/c1-11-9-14(8-7-13(11)15)10-12-5-3-2-4-6-12/h2-6,11,13,15H,7-10H2,1H3/t11-,13-/m1/s1. The van der Waals surface area contributed by atoms with Gasteiger partial charge in [-0.15, -0.1) is 0 Å². The zero-order chi connectivity index (χ0) is 10.7. The van der Waals surface area contributed by atoms with Gasteiger partial charge in [-0.2, -0.15) is 12.6 Å². The highest BCUT2D eigenvalue weighted by Gasteiger charge is 2.22. The first-order valence-electron chi connectivity index (χ1n) is 5.70. The van der Waals surface area contributed by atoms with Crippen molar-refractivity contribution in [1.82, 2.24) is 4.90 Å². The minimum Gasteiger partial charge on any atom is -0.299 e. The van der Waals surface area contributed by atoms with E-state index >= 15 is 0 Å². The Morgan fingerprint density at radius 3 is 2.73 bits per heavy atom. The molecule has 1 saturated heterocycles. The van der Waals surface area contributed by atoms with Crippen LogP contribution in [0.1, 0.15) is 18.9 Å². The van der Waals surface area contributed by atoms with Gasteiger partial charge in [-0.3, -0.25) is 4.90 Å². The molecule has 1 aliphatic rings. The Kier molecular flexibility index (Phi) is 3.71. The lowest BCUT2D eigenvalue weighted by Gasteiger charge is -2.34. The normalized spacial score (nSPS) is 27.9. The molecule has 1 aromatic carbocycles. The van der Waals surface area contributed by atoms with Gasteiger partial charge in [0.05, 0.1) is 0 Å². The van der Waals surface area contributed by atoms with Gasteiger partial charge >= 0.3 is 0 Å². The Bertz CT molecular complexity index is 299. The van der Waals surface area contributed by atoms with Gasteiger partial charge in [0, 0.05) is 18.3 Å². The molecule has 0 saturated carbocycles. The first kappa shape index (κ1) is 11.0. The van der Waals surface area contributed by atoms with E-state index in [0.717, 1.165) is 6.54 Å². The molecule has 1 aromatic rings. The van der Waals surface area contributed by atoms with Crippen LogP contribution in [0, 0.1) is 5.92 Å². The van der Waals surface area contributed by atoms with Gasteiger partial charge in [0.15, 0.2) is 0 Å². The summed E-state index contributed by atoms with van der Waals surface area (Å²) < 4.78 is 0. The number of nitrogens with zero attached hydrogens (tertiary/aromatic N) is 1. The average molecular weight is 221 g/mol. The summed E-state index contributed by atoms with van der Waals surface area (Å²) in [6.07, 6.45) is 1.22. The number of hydrogen-bond acceptors (Lipinski definition) is 2. The summed E-state index contributed by atoms with van der Waals surface area (Å²) >= 11 is 4.60. The highest BCUT2D eigenvalue weighted by Crippen LogP contribution is 2.22. The van der Waals surface area contributed by atoms with Crippen LogP contribution in [0.15, 0.2) is 30.3 Å². The summed E-state index contributed by atoms with van der Waals surface area (Å²) in [6, 6.07) is 10.7. The van der Waals surface area contributed by atoms with Gasteiger partial charge in [-0.25, -0.2) is 0 Å². The molecular formula is C13H19NS. The maximum Gasteiger partial charge on any atom is 0.0233 e. The van der Waals surface area contributed by atoms with E-state index in [1.165, 1.54) is 25.1 Å². The fourth-order valence-electron chi connectivity index (χ4n) is 2.20. The van der Waals surface area contributed by atoms with Crippen molar-refractivity contribution in [2.24, 2.45) is 5.92 Å². The zero-order valence-electron chi connectivity index (χ0n) is 9.26. The molecule has 0 aromatic heterocycles. The summed E-state index contributed by atoms with van der Waals surface area (Å²) in [5.41, 5.74) is 1.42. The molecule has 0 bridgehead atoms. The van der Waals surface area contributed by atoms with E-state index in [0.29, 0.717) is 11.2 Å². The number of hydrogen-bond donors (Lipinski definition) is 1. The van der Waals surface area contributed by atoms with Crippen molar-refractivity contribution < 1.29 is 0 Å². The quantitative estimate of drug-likeness (QED) is 0.752. The molecule has 0 spiro atoms. The average Bonchev–Trinajstić information content (AvgIpc) is 2.25. The second-order valence-corrected chi connectivity index (χ2v) is 5.22. The van der Waals surface area contributed by atoms with Gasteiger partial charge in [-0.1, -0.05) is 37.3 Å². The molecule has 2 rings (SSSR count). The van der Waals surface area contributed by atoms with Crippen LogP contribution in [0.5, 0.6) is 0 Å². The Balaban J connectivity index is 1.91. The fourth-order valence-corrected chi connectivity index (χ4v) is 2.41. The largest absolute Gasteiger partial charge is 0.299 e. The van der Waals surface area contributed by atoms with Crippen LogP contribution >= 0.6 is 12.6 Å². The molecule has 0 aliphatic carbocycles. The molecule has 82 valence electrons. The lowest BCUT2D eigenvalue weighted by molar-refractivity contribution is 0.182. The molecule has 1 fully saturated rings. The zero-order valence-corrected chi connectivity index (χ0v) is 10.2. The monoisotopic (exact) mass is 221 g/mol. The second-order valence-electron chi connectivity index (χ2n) is 4.55. The molecule has 2 heteroatoms. The second kappa shape index (κ2) is 5.04. The summed E-state index contributed by atoms with van der Waals surface area (Å²) in [7, 11) is 0. The van der Waals surface area contributed by atoms with Crippen LogP contribution in [-0.4, -0.2) is 23.2 Å². The summed E-state index contributed by atoms with van der Waals surface area (Å²) in [5.74, 6) is 0.714. The van der Waals surface area contributed by atoms with Crippen molar-refractivity contribution in [3.63, 3.8) is 0 Å². The van der Waals surface area contributed by atoms with E-state index in [9.17, 15) is 0 Å². The lowest BCUT2D eigenvalue weighted by atomic mass is 9.99. The van der Waals surface area contributed by atoms with Crippen molar-refractivity contribution in [3.05, 3.63) is 35.9 Å². The van der Waals surface area contributed by atoms with Crippen LogP contribution in [-0.2, 0) is 6.54 Å². The van der Waals surface area contributed by atoms with Crippen LogP contribution in [0.3, 0.4) is 0 Å². The van der Waals surface area contributed by atoms with Gasteiger partial charge < -0.3 is 0 Å². The van der Waals surface area contributed by atoms with Crippen LogP contribution < -0.4 is 0 Å². The Labute approximate surface area is 97.9 Å². The van der Waals surface area contributed by atoms with Crippen molar-refractivity contribution in [3.8, 4) is 0 Å². The number of thiol groups is 1. The van der Waals surface area contributed by atoms with Gasteiger partial charge in [0.25, 0.3) is 0 Å². The highest BCUT2D eigenvalue weighted by atomic mass is 32.1. The molecule has 15 heavy (non-hydrogen) atoms. The number of benzene rings is 1. The van der Waals surface area contributed by atoms with Crippen molar-refractivity contribution in [1.29, 1.82) is 0 Å². The number of likely N-dealkylation sites (tertiary alicyclic amines) is 1. The minimum atomic E-state index is 0.594. The fraction of sp³-hybridized carbons (Fsp3) is 0.538. The molecule has 0 radical (unpaired) electrons. The van der Waals surface area contributed by atoms with Crippen molar-refractivity contribution >= 4 is 12.6 Å². The SMILES string of the molecule is C[C@@H]1CN(Cc2ccccc2)CC[C@H]1S. The maximum absolute atomic E-state index is 4.60. The predicted molar refractivity (Wildman–Crippen MR) is 68.3 cm³/mol. The third-order valence-corrected chi connectivity index (χ3v) is 3.96. The summed E-state index contributed by atoms with van der Waals surface area (Å²) in [6.45, 7) is 5.76. The van der Waals surface area contributed by atoms with E-state index in [-0.39, 0.29) is 0 Å². The minimum absolute atomic E-state index is 0.594. The van der Waals surface area contributed by atoms with Gasteiger partial charge in [0.2, 0.25) is 0 Å². The third-order valence-electron chi connectivity index (χ3n) is 3.19. The van der Waals surface area contributed by atoms with Crippen LogP contribution in [0.4, 0.5) is 0 Å². The van der Waals surface area contributed by atoms with E-state index in [4.69, 9.17) is 0 Å². The summed E-state index contributed by atoms with van der Waals surface area (Å²) in [5, 5.41) is 0.594. The van der Waals surface area contributed by atoms with E-state index in [1.807, 2.05) is 0 Å². The number of rotatable bonds is 2. The van der Waals surface area contributed by atoms with Crippen molar-refractivity contribution in [2.75, 3.05) is 13.1 Å². The molecule has 0 unspecified atom stereocenters. The molecule has 1 aliphatic heterocycles. The lowest BCUT2D eigenvalue weighted by Crippen LogP contribution is -2.39. The van der Waals surface area contributed by atoms with Gasteiger partial charge in [0.1, 0.15) is 0 Å². The molecule has 0 N–H and O–H groups in total. The first-order valence-corrected chi connectivity index (χ1v) is 6.21. The molecule has 2 atom stereocenters. The van der Waals surface area contributed by atoms with Crippen LogP contribution in [0.25, 0.3) is 0 Å². The topological polar surface area (TPSA) is 3.24 Å². The summed E-state index contributed by atoms with van der Waals surface area (Å²) in [4.78, 5) is 2.53. The smallest absolute Gasteiger partial charge is 0.0233 e. The van der Waals surface area contributed by atoms with Crippen LogP contribution in [0.2, 0.25) is 0 Å². The molecule has 1 nitrogen and oxygen atoms in total. The Morgan fingerprint density at radius 2 is 2.07 bits per heavy atom. The Hall–Kier alpha value is -0.470. The Morgan fingerprint density at radius 1 is 1.33 bits per heavy atom. The molecule has 0 amide bonds. The van der Waals surface area contributed by atoms with Gasteiger partial charge in [-0.05, 0) is 24.4 Å². The maximum atomic E-state index is 4.60.